The Morgan fingerprint density at radius 2 is 1.93 bits per heavy atom. The molecule has 29 heavy (non-hydrogen) atoms. The van der Waals surface area contributed by atoms with Crippen LogP contribution in [0.3, 0.4) is 0 Å². The minimum Gasteiger partial charge on any atom is -0.598 e. The van der Waals surface area contributed by atoms with Crippen LogP contribution in [0.5, 0.6) is 0 Å². The van der Waals surface area contributed by atoms with Crippen molar-refractivity contribution in [1.29, 1.82) is 0 Å². The zero-order chi connectivity index (χ0) is 22.6. The fraction of sp³-hybridized carbons (Fsp3) is 0.438. The number of hydrogen-bond acceptors (Lipinski definition) is 5. The third kappa shape index (κ3) is 5.98. The van der Waals surface area contributed by atoms with Gasteiger partial charge in [-0.3, -0.25) is 0 Å². The molecule has 13 heteroatoms. The number of halogens is 5. The lowest BCUT2D eigenvalue weighted by atomic mass is 9.84. The van der Waals surface area contributed by atoms with Crippen molar-refractivity contribution in [3.63, 3.8) is 0 Å². The maximum atomic E-state index is 15.1. The number of nitrogens with two attached hydrogens (primary N) is 1. The van der Waals surface area contributed by atoms with Gasteiger partial charge in [-0.2, -0.15) is 13.0 Å². The summed E-state index contributed by atoms with van der Waals surface area (Å²) in [7, 11) is 0. The summed E-state index contributed by atoms with van der Waals surface area (Å²) < 4.78 is 99.9. The molecule has 164 valence electrons. The van der Waals surface area contributed by atoms with Crippen LogP contribution in [0.1, 0.15) is 26.3 Å². The van der Waals surface area contributed by atoms with E-state index in [4.69, 9.17) is 0 Å². The number of alkyl halides is 3. The molecule has 0 fully saturated rings. The second-order valence-electron chi connectivity index (χ2n) is 6.74. The van der Waals surface area contributed by atoms with Crippen LogP contribution in [0.2, 0.25) is 0 Å². The van der Waals surface area contributed by atoms with Gasteiger partial charge >= 0.3 is 5.97 Å². The van der Waals surface area contributed by atoms with Crippen molar-refractivity contribution in [1.82, 2.24) is 4.72 Å². The standard InChI is InChI=1S/C16H19F5N2O4S2/c1-14(2,3)28(25)23-15(9-17,10-5-4-6-11(18)13(10)19)16(20,21)8-7-12(24)27-29(22)26/h4-8,23H,9,22H2,1-3H3/t15-,28?,29-/m1/s1. The van der Waals surface area contributed by atoms with E-state index in [9.17, 15) is 26.7 Å². The summed E-state index contributed by atoms with van der Waals surface area (Å²) in [5, 5.41) is 4.69. The Morgan fingerprint density at radius 1 is 1.34 bits per heavy atom. The lowest BCUT2D eigenvalue weighted by Gasteiger charge is -2.39. The number of benzene rings is 1. The number of rotatable bonds is 8. The highest BCUT2D eigenvalue weighted by atomic mass is 32.2. The molecule has 0 radical (unpaired) electrons. The van der Waals surface area contributed by atoms with Gasteiger partial charge in [-0.05, 0) is 32.9 Å². The molecule has 1 rings (SSSR count). The molecule has 0 saturated carbocycles. The third-order valence-corrected chi connectivity index (χ3v) is 5.57. The molecule has 0 bridgehead atoms. The van der Waals surface area contributed by atoms with Crippen LogP contribution in [0, 0.1) is 11.6 Å². The quantitative estimate of drug-likeness (QED) is 0.351. The molecule has 0 aliphatic carbocycles. The fourth-order valence-electron chi connectivity index (χ4n) is 2.06. The number of hydrogen-bond donors (Lipinski definition) is 2. The van der Waals surface area contributed by atoms with Gasteiger partial charge in [-0.15, -0.1) is 4.72 Å². The number of carbonyl (C=O) groups is 1. The summed E-state index contributed by atoms with van der Waals surface area (Å²) in [5.74, 6) is -9.33. The first-order valence-corrected chi connectivity index (χ1v) is 10.1. The van der Waals surface area contributed by atoms with Crippen molar-refractivity contribution in [3.8, 4) is 0 Å². The average molecular weight is 462 g/mol. The largest absolute Gasteiger partial charge is 0.598 e. The van der Waals surface area contributed by atoms with E-state index in [1.54, 1.807) is 0 Å². The van der Waals surface area contributed by atoms with Crippen molar-refractivity contribution >= 4 is 28.6 Å². The lowest BCUT2D eigenvalue weighted by Crippen LogP contribution is -2.61. The Morgan fingerprint density at radius 3 is 2.41 bits per heavy atom. The average Bonchev–Trinajstić information content (AvgIpc) is 2.59. The van der Waals surface area contributed by atoms with Crippen LogP contribution < -0.4 is 9.86 Å². The molecule has 3 atom stereocenters. The Bertz CT molecular complexity index is 804. The summed E-state index contributed by atoms with van der Waals surface area (Å²) in [5.41, 5.74) is -4.50. The van der Waals surface area contributed by atoms with Crippen molar-refractivity contribution in [2.24, 2.45) is 5.14 Å². The fourth-order valence-corrected chi connectivity index (χ4v) is 3.20. The minimum atomic E-state index is -4.44. The number of nitrogens with one attached hydrogen (secondary N) is 1. The smallest absolute Gasteiger partial charge is 0.345 e. The molecule has 6 nitrogen and oxygen atoms in total. The van der Waals surface area contributed by atoms with Crippen LogP contribution in [0.25, 0.3) is 0 Å². The first-order chi connectivity index (χ1) is 13.2. The molecule has 1 unspecified atom stereocenters. The van der Waals surface area contributed by atoms with Crippen LogP contribution in [0.4, 0.5) is 22.0 Å². The SMILES string of the molecule is CC(C)(C)[S+]([O-])N[C@](CF)(c1cccc(F)c1F)C(F)(F)C=CC(=O)O[S@](N)=O. The third-order valence-electron chi connectivity index (χ3n) is 3.60. The molecule has 1 aromatic rings. The zero-order valence-electron chi connectivity index (χ0n) is 15.5. The van der Waals surface area contributed by atoms with E-state index in [2.05, 4.69) is 9.32 Å². The van der Waals surface area contributed by atoms with Crippen molar-refractivity contribution in [3.05, 3.63) is 47.5 Å². The molecule has 0 amide bonds. The van der Waals surface area contributed by atoms with Crippen LogP contribution >= 0.6 is 0 Å². The normalized spacial score (nSPS) is 17.0. The highest BCUT2D eigenvalue weighted by Crippen LogP contribution is 2.42. The molecule has 0 aromatic heterocycles. The molecule has 0 saturated heterocycles. The van der Waals surface area contributed by atoms with Crippen molar-refractivity contribution in [2.75, 3.05) is 6.67 Å². The zero-order valence-corrected chi connectivity index (χ0v) is 17.1. The lowest BCUT2D eigenvalue weighted by molar-refractivity contribution is -0.128. The highest BCUT2D eigenvalue weighted by Gasteiger charge is 2.59. The van der Waals surface area contributed by atoms with E-state index in [1.807, 2.05) is 4.72 Å². The van der Waals surface area contributed by atoms with Gasteiger partial charge in [0, 0.05) is 23.0 Å². The Hall–Kier alpha value is -1.54. The maximum absolute atomic E-state index is 15.1. The topological polar surface area (TPSA) is 104 Å². The predicted octanol–water partition coefficient (Wildman–Crippen LogP) is 2.45. The van der Waals surface area contributed by atoms with E-state index >= 15 is 8.78 Å². The molecular weight excluding hydrogens is 443 g/mol. The van der Waals surface area contributed by atoms with Gasteiger partial charge in [0.15, 0.2) is 17.2 Å². The van der Waals surface area contributed by atoms with Gasteiger partial charge in [0.1, 0.15) is 11.4 Å². The maximum Gasteiger partial charge on any atom is 0.345 e. The van der Waals surface area contributed by atoms with Crippen LogP contribution in [-0.4, -0.2) is 32.1 Å². The number of carbonyl (C=O) groups excluding carboxylic acids is 1. The minimum absolute atomic E-state index is 0.0913. The Kier molecular flexibility index (Phi) is 8.36. The van der Waals surface area contributed by atoms with E-state index < -0.39 is 68.7 Å². The van der Waals surface area contributed by atoms with Crippen LogP contribution in [-0.2, 0) is 37.1 Å². The first-order valence-electron chi connectivity index (χ1n) is 7.83. The molecule has 0 aliphatic rings. The van der Waals surface area contributed by atoms with Gasteiger partial charge in [0.25, 0.3) is 17.2 Å². The molecule has 0 heterocycles. The highest BCUT2D eigenvalue weighted by molar-refractivity contribution is 7.90. The van der Waals surface area contributed by atoms with E-state index in [1.165, 1.54) is 20.8 Å². The Balaban J connectivity index is 3.60. The molecule has 3 N–H and O–H groups in total. The van der Waals surface area contributed by atoms with Gasteiger partial charge in [-0.25, -0.2) is 23.1 Å². The van der Waals surface area contributed by atoms with Gasteiger partial charge in [0.2, 0.25) is 0 Å². The summed E-state index contributed by atoms with van der Waals surface area (Å²) in [6.45, 7) is 2.10. The van der Waals surface area contributed by atoms with Crippen LogP contribution in [0.15, 0.2) is 30.4 Å². The van der Waals surface area contributed by atoms with Gasteiger partial charge < -0.3 is 8.74 Å². The summed E-state index contributed by atoms with van der Waals surface area (Å²) in [6, 6.07) is 2.19. The van der Waals surface area contributed by atoms with Crippen molar-refractivity contribution < 1.29 is 39.7 Å². The monoisotopic (exact) mass is 462 g/mol. The molecule has 0 spiro atoms. The summed E-state index contributed by atoms with van der Waals surface area (Å²) in [6.07, 6.45) is -0.0763. The second kappa shape index (κ2) is 9.51. The molecular formula is C16H19F5N2O4S2. The van der Waals surface area contributed by atoms with E-state index in [0.29, 0.717) is 12.1 Å². The van der Waals surface area contributed by atoms with E-state index in [-0.39, 0.29) is 12.2 Å². The first kappa shape index (κ1) is 25.5. The van der Waals surface area contributed by atoms with Gasteiger partial charge in [-0.1, -0.05) is 12.1 Å². The van der Waals surface area contributed by atoms with Gasteiger partial charge in [0.05, 0.1) is 0 Å². The molecule has 1 aromatic carbocycles. The molecule has 0 aliphatic heterocycles. The van der Waals surface area contributed by atoms with E-state index in [0.717, 1.165) is 6.07 Å². The Labute approximate surface area is 169 Å². The second-order valence-corrected chi connectivity index (χ2v) is 9.40. The van der Waals surface area contributed by atoms with Crippen molar-refractivity contribution in [2.45, 2.75) is 37.0 Å². The predicted molar refractivity (Wildman–Crippen MR) is 97.6 cm³/mol. The summed E-state index contributed by atoms with van der Waals surface area (Å²) >= 11 is -4.97. The summed E-state index contributed by atoms with van der Waals surface area (Å²) in [4.78, 5) is 11.3.